The zero-order valence-electron chi connectivity index (χ0n) is 12.0. The van der Waals surface area contributed by atoms with Gasteiger partial charge in [-0.25, -0.2) is 0 Å². The third-order valence-corrected chi connectivity index (χ3v) is 3.36. The number of phenolic OH excluding ortho intramolecular Hbond substituents is 2. The first-order valence-corrected chi connectivity index (χ1v) is 7.06. The molecule has 0 aromatic heterocycles. The van der Waals surface area contributed by atoms with Crippen LogP contribution < -0.4 is 5.73 Å². The van der Waals surface area contributed by atoms with E-state index in [0.717, 1.165) is 25.2 Å². The van der Waals surface area contributed by atoms with Gasteiger partial charge in [0, 0.05) is 0 Å². The van der Waals surface area contributed by atoms with Gasteiger partial charge in [-0.15, -0.1) is 0 Å². The van der Waals surface area contributed by atoms with E-state index in [1.165, 1.54) is 23.3 Å². The van der Waals surface area contributed by atoms with Gasteiger partial charge in [0.25, 0.3) is 0 Å². The van der Waals surface area contributed by atoms with Crippen molar-refractivity contribution in [3.8, 4) is 11.5 Å². The number of fused-ring (bicyclic) bond motifs is 1. The van der Waals surface area contributed by atoms with Gasteiger partial charge in [-0.2, -0.15) is 0 Å². The molecule has 21 heavy (non-hydrogen) atoms. The molecule has 1 aliphatic rings. The van der Waals surface area contributed by atoms with Gasteiger partial charge >= 0.3 is 0 Å². The fraction of sp³-hybridized carbons (Fsp3) is 0.294. The molecule has 0 atom stereocenters. The van der Waals surface area contributed by atoms with Gasteiger partial charge in [-0.05, 0) is 48.2 Å². The molecule has 3 rings (SSSR count). The summed E-state index contributed by atoms with van der Waals surface area (Å²) in [5.41, 5.74) is 9.05. The van der Waals surface area contributed by atoms with Gasteiger partial charge in [0.15, 0.2) is 11.5 Å². The van der Waals surface area contributed by atoms with Crippen LogP contribution in [0.3, 0.4) is 0 Å². The third-order valence-electron chi connectivity index (χ3n) is 3.36. The van der Waals surface area contributed by atoms with Gasteiger partial charge in [0.1, 0.15) is 0 Å². The molecule has 0 amide bonds. The monoisotopic (exact) mass is 287 g/mol. The summed E-state index contributed by atoms with van der Waals surface area (Å²) in [7, 11) is 0. The Labute approximate surface area is 124 Å². The molecule has 2 aromatic rings. The van der Waals surface area contributed by atoms with Crippen molar-refractivity contribution in [3.05, 3.63) is 59.2 Å². The molecule has 0 aliphatic carbocycles. The molecular weight excluding hydrogens is 266 g/mol. The van der Waals surface area contributed by atoms with Gasteiger partial charge in [-0.3, -0.25) is 0 Å². The number of phenols is 2. The summed E-state index contributed by atoms with van der Waals surface area (Å²) in [6.45, 7) is 2.23. The maximum Gasteiger partial charge on any atom is 0.157 e. The Morgan fingerprint density at radius 3 is 2.43 bits per heavy atom. The highest BCUT2D eigenvalue weighted by atomic mass is 16.5. The minimum atomic E-state index is -0.0919. The molecule has 4 N–H and O–H groups in total. The van der Waals surface area contributed by atoms with E-state index in [4.69, 9.17) is 20.7 Å². The fourth-order valence-corrected chi connectivity index (χ4v) is 2.20. The summed E-state index contributed by atoms with van der Waals surface area (Å²) < 4.78 is 5.30. The quantitative estimate of drug-likeness (QED) is 0.741. The lowest BCUT2D eigenvalue weighted by molar-refractivity contribution is 0.111. The lowest BCUT2D eigenvalue weighted by Gasteiger charge is -2.14. The van der Waals surface area contributed by atoms with Crippen molar-refractivity contribution in [1.82, 2.24) is 0 Å². The second-order valence-electron chi connectivity index (χ2n) is 4.93. The van der Waals surface area contributed by atoms with Crippen molar-refractivity contribution < 1.29 is 14.9 Å². The average molecular weight is 287 g/mol. The predicted molar refractivity (Wildman–Crippen MR) is 82.3 cm³/mol. The molecule has 112 valence electrons. The number of ether oxygens (including phenoxy) is 1. The number of rotatable bonds is 2. The smallest absolute Gasteiger partial charge is 0.157 e. The number of nitrogens with two attached hydrogens (primary N) is 1. The maximum atomic E-state index is 9.04. The standard InChI is InChI=1S/C9H10O.C8H11NO2/c1-2-4-9-7-10-6-5-8(9)3-1;9-4-3-6-1-2-7(10)8(11)5-6/h1-4H,5-7H2;1-2,5,10-11H,3-4,9H2. The van der Waals surface area contributed by atoms with E-state index in [9.17, 15) is 0 Å². The van der Waals surface area contributed by atoms with E-state index in [2.05, 4.69) is 24.3 Å². The van der Waals surface area contributed by atoms with Crippen molar-refractivity contribution in [1.29, 1.82) is 0 Å². The Bertz CT molecular complexity index is 559. The molecule has 2 aromatic carbocycles. The molecule has 0 radical (unpaired) electrons. The lowest BCUT2D eigenvalue weighted by atomic mass is 10.0. The van der Waals surface area contributed by atoms with Crippen LogP contribution >= 0.6 is 0 Å². The topological polar surface area (TPSA) is 75.7 Å². The first-order chi connectivity index (χ1) is 10.2. The van der Waals surface area contributed by atoms with Crippen LogP contribution in [-0.4, -0.2) is 23.4 Å². The zero-order chi connectivity index (χ0) is 15.1. The summed E-state index contributed by atoms with van der Waals surface area (Å²) >= 11 is 0. The minimum Gasteiger partial charge on any atom is -0.504 e. The number of hydrogen-bond acceptors (Lipinski definition) is 4. The van der Waals surface area contributed by atoms with Crippen LogP contribution in [0.4, 0.5) is 0 Å². The molecule has 1 heterocycles. The first kappa shape index (κ1) is 15.4. The highest BCUT2D eigenvalue weighted by molar-refractivity contribution is 5.40. The SMILES string of the molecule is NCCc1ccc(O)c(O)c1.c1ccc2c(c1)CCOC2. The number of aromatic hydroxyl groups is 2. The van der Waals surface area contributed by atoms with Crippen LogP contribution in [0.2, 0.25) is 0 Å². The lowest BCUT2D eigenvalue weighted by Crippen LogP contribution is -2.08. The van der Waals surface area contributed by atoms with Crippen molar-refractivity contribution in [2.24, 2.45) is 5.73 Å². The van der Waals surface area contributed by atoms with Crippen LogP contribution in [-0.2, 0) is 24.2 Å². The van der Waals surface area contributed by atoms with E-state index < -0.39 is 0 Å². The van der Waals surface area contributed by atoms with E-state index in [0.29, 0.717) is 13.0 Å². The molecular formula is C17H21NO3. The van der Waals surface area contributed by atoms with Crippen LogP contribution in [0, 0.1) is 0 Å². The van der Waals surface area contributed by atoms with Crippen LogP contribution in [0.5, 0.6) is 11.5 Å². The molecule has 0 fully saturated rings. The Hall–Kier alpha value is -2.04. The maximum absolute atomic E-state index is 9.04. The summed E-state index contributed by atoms with van der Waals surface area (Å²) in [6, 6.07) is 13.2. The van der Waals surface area contributed by atoms with Crippen molar-refractivity contribution in [3.63, 3.8) is 0 Å². The minimum absolute atomic E-state index is 0.0871. The Kier molecular flexibility index (Phi) is 5.60. The van der Waals surface area contributed by atoms with Crippen molar-refractivity contribution in [2.45, 2.75) is 19.4 Å². The van der Waals surface area contributed by atoms with Crippen LogP contribution in [0.15, 0.2) is 42.5 Å². The van der Waals surface area contributed by atoms with Gasteiger partial charge < -0.3 is 20.7 Å². The predicted octanol–water partition coefficient (Wildman–Crippen LogP) is 2.36. The van der Waals surface area contributed by atoms with Crippen molar-refractivity contribution in [2.75, 3.05) is 13.2 Å². The van der Waals surface area contributed by atoms with Gasteiger partial charge in [0.05, 0.1) is 13.2 Å². The largest absolute Gasteiger partial charge is 0.504 e. The summed E-state index contributed by atoms with van der Waals surface area (Å²) in [4.78, 5) is 0. The fourth-order valence-electron chi connectivity index (χ4n) is 2.20. The second-order valence-corrected chi connectivity index (χ2v) is 4.93. The van der Waals surface area contributed by atoms with E-state index in [-0.39, 0.29) is 11.5 Å². The molecule has 0 saturated carbocycles. The second kappa shape index (κ2) is 7.67. The van der Waals surface area contributed by atoms with Gasteiger partial charge in [-0.1, -0.05) is 30.3 Å². The van der Waals surface area contributed by atoms with E-state index in [1.807, 2.05) is 0 Å². The van der Waals surface area contributed by atoms with Crippen molar-refractivity contribution >= 4 is 0 Å². The third kappa shape index (κ3) is 4.48. The Balaban J connectivity index is 0.000000154. The normalized spacial score (nSPS) is 13.0. The molecule has 1 aliphatic heterocycles. The highest BCUT2D eigenvalue weighted by Gasteiger charge is 2.06. The van der Waals surface area contributed by atoms with Crippen LogP contribution in [0.25, 0.3) is 0 Å². The summed E-state index contributed by atoms with van der Waals surface area (Å²) in [5.74, 6) is -0.179. The van der Waals surface area contributed by atoms with Gasteiger partial charge in [0.2, 0.25) is 0 Å². The molecule has 4 heteroatoms. The number of hydrogen-bond donors (Lipinski definition) is 3. The summed E-state index contributed by atoms with van der Waals surface area (Å²) in [6.07, 6.45) is 1.80. The highest BCUT2D eigenvalue weighted by Crippen LogP contribution is 2.24. The van der Waals surface area contributed by atoms with E-state index in [1.54, 1.807) is 6.07 Å². The molecule has 4 nitrogen and oxygen atoms in total. The first-order valence-electron chi connectivity index (χ1n) is 7.06. The molecule has 0 bridgehead atoms. The number of benzene rings is 2. The molecule has 0 unspecified atom stereocenters. The van der Waals surface area contributed by atoms with Crippen LogP contribution in [0.1, 0.15) is 16.7 Å². The Morgan fingerprint density at radius 2 is 1.76 bits per heavy atom. The molecule has 0 saturated heterocycles. The molecule has 0 spiro atoms. The Morgan fingerprint density at radius 1 is 1.00 bits per heavy atom. The zero-order valence-corrected chi connectivity index (χ0v) is 12.0. The van der Waals surface area contributed by atoms with E-state index >= 15 is 0 Å². The average Bonchev–Trinajstić information content (AvgIpc) is 2.52. The summed E-state index contributed by atoms with van der Waals surface area (Å²) in [5, 5.41) is 18.0.